The Morgan fingerprint density at radius 1 is 1.16 bits per heavy atom. The Hall–Kier alpha value is -4.13. The summed E-state index contributed by atoms with van der Waals surface area (Å²) in [5.41, 5.74) is 2.74. The maximum absolute atomic E-state index is 11.6. The summed E-state index contributed by atoms with van der Waals surface area (Å²) in [6.07, 6.45) is 17.8. The van der Waals surface area contributed by atoms with Gasteiger partial charge in [0, 0.05) is 43.2 Å². The molecule has 3 N–H and O–H groups in total. The van der Waals surface area contributed by atoms with E-state index in [0.717, 1.165) is 43.1 Å². The Bertz CT molecular complexity index is 1160. The van der Waals surface area contributed by atoms with E-state index in [2.05, 4.69) is 54.7 Å². The molecule has 10 heteroatoms. The highest BCUT2D eigenvalue weighted by Gasteiger charge is 2.25. The summed E-state index contributed by atoms with van der Waals surface area (Å²) in [4.78, 5) is 17.7. The largest absolute Gasteiger partial charge is 0.337 e. The van der Waals surface area contributed by atoms with Crippen molar-refractivity contribution in [2.75, 3.05) is 18.4 Å². The van der Waals surface area contributed by atoms with E-state index in [1.165, 1.54) is 24.9 Å². The van der Waals surface area contributed by atoms with Gasteiger partial charge in [0.25, 0.3) is 5.91 Å². The lowest BCUT2D eigenvalue weighted by molar-refractivity contribution is 0.0787. The van der Waals surface area contributed by atoms with Crippen LogP contribution in [0.3, 0.4) is 0 Å². The number of nitrogens with one attached hydrogen (secondary N) is 3. The van der Waals surface area contributed by atoms with E-state index >= 15 is 0 Å². The molecule has 0 atom stereocenters. The van der Waals surface area contributed by atoms with Crippen LogP contribution in [0, 0.1) is 12.8 Å². The molecule has 5 heterocycles. The van der Waals surface area contributed by atoms with Crippen LogP contribution in [0.15, 0.2) is 43.0 Å². The minimum atomic E-state index is 0.0741. The van der Waals surface area contributed by atoms with E-state index in [0.29, 0.717) is 11.6 Å². The molecule has 2 aliphatic rings. The maximum Gasteiger partial charge on any atom is 0.271 e. The van der Waals surface area contributed by atoms with Crippen LogP contribution in [0.4, 0.5) is 11.6 Å². The first kappa shape index (κ1) is 21.1. The summed E-state index contributed by atoms with van der Waals surface area (Å²) in [6.45, 7) is 1.77. The van der Waals surface area contributed by atoms with Crippen molar-refractivity contribution in [2.45, 2.75) is 31.6 Å². The number of terminal acetylenes is 1. The van der Waals surface area contributed by atoms with E-state index in [1.807, 2.05) is 23.2 Å². The first-order chi connectivity index (χ1) is 15.8. The van der Waals surface area contributed by atoms with Crippen molar-refractivity contribution in [3.8, 4) is 12.8 Å². The molecule has 4 aromatic rings. The van der Waals surface area contributed by atoms with Gasteiger partial charge in [-0.2, -0.15) is 15.3 Å². The Balaban J connectivity index is 0.000000153. The van der Waals surface area contributed by atoms with E-state index in [9.17, 15) is 4.79 Å². The standard InChI is InChI=1S/C12H12N6.C8H11N3O.C2H2/c1-2-10-12(13-7-14-18(10)5-1)15-11-6-9(16-17-11)8-3-4-8;12-8(7-3-4-9-10-7)11-5-1-2-6-11;1-2/h1-2,5-8H,3-4H2,(H2,13,14,15,16,17);3-4H,1-2,5-6H2,(H,9,10);1-2H. The van der Waals surface area contributed by atoms with Crippen LogP contribution in [0.2, 0.25) is 0 Å². The zero-order chi connectivity index (χ0) is 22.3. The average molecular weight is 432 g/mol. The van der Waals surface area contributed by atoms with Crippen LogP contribution in [-0.2, 0) is 0 Å². The molecule has 6 rings (SSSR count). The molecule has 1 amide bonds. The third kappa shape index (κ3) is 4.78. The molecule has 1 aliphatic carbocycles. The fraction of sp³-hybridized carbons (Fsp3) is 0.318. The first-order valence-electron chi connectivity index (χ1n) is 10.5. The molecular weight excluding hydrogens is 406 g/mol. The summed E-state index contributed by atoms with van der Waals surface area (Å²) in [5.74, 6) is 2.32. The molecule has 164 valence electrons. The second kappa shape index (κ2) is 9.78. The molecule has 1 saturated heterocycles. The molecule has 2 fully saturated rings. The number of rotatable bonds is 4. The SMILES string of the molecule is C#C.O=C(c1ccn[nH]1)N1CCCC1.c1cc2c(Nc3cc(C4CC4)[nH]n3)ncnn2c1. The number of anilines is 2. The van der Waals surface area contributed by atoms with Crippen molar-refractivity contribution in [3.63, 3.8) is 0 Å². The number of amides is 1. The molecule has 32 heavy (non-hydrogen) atoms. The second-order valence-corrected chi connectivity index (χ2v) is 7.52. The molecule has 4 aromatic heterocycles. The fourth-order valence-electron chi connectivity index (χ4n) is 3.55. The number of nitrogens with zero attached hydrogens (tertiary/aromatic N) is 6. The number of carbonyl (C=O) groups excluding carboxylic acids is 1. The van der Waals surface area contributed by atoms with Crippen molar-refractivity contribution < 1.29 is 4.79 Å². The number of aromatic amines is 2. The van der Waals surface area contributed by atoms with Gasteiger partial charge in [0.15, 0.2) is 11.6 Å². The predicted octanol–water partition coefficient (Wildman–Crippen LogP) is 2.97. The van der Waals surface area contributed by atoms with Crippen LogP contribution in [-0.4, -0.2) is 58.9 Å². The monoisotopic (exact) mass is 431 g/mol. The fourth-order valence-corrected chi connectivity index (χ4v) is 3.55. The molecule has 0 bridgehead atoms. The van der Waals surface area contributed by atoms with E-state index < -0.39 is 0 Å². The number of hydrogen-bond acceptors (Lipinski definition) is 6. The number of aromatic nitrogens is 7. The van der Waals surface area contributed by atoms with Gasteiger partial charge >= 0.3 is 0 Å². The van der Waals surface area contributed by atoms with Crippen molar-refractivity contribution in [1.29, 1.82) is 0 Å². The molecule has 1 aliphatic heterocycles. The molecule has 0 unspecified atom stereocenters. The first-order valence-corrected chi connectivity index (χ1v) is 10.5. The summed E-state index contributed by atoms with van der Waals surface area (Å²) < 4.78 is 1.78. The number of fused-ring (bicyclic) bond motifs is 1. The third-order valence-electron chi connectivity index (χ3n) is 5.32. The van der Waals surface area contributed by atoms with Gasteiger partial charge in [0.05, 0.1) is 0 Å². The summed E-state index contributed by atoms with van der Waals surface area (Å²) in [7, 11) is 0. The van der Waals surface area contributed by atoms with Crippen molar-refractivity contribution in [2.24, 2.45) is 0 Å². The van der Waals surface area contributed by atoms with E-state index in [-0.39, 0.29) is 5.91 Å². The molecule has 0 radical (unpaired) electrons. The zero-order valence-corrected chi connectivity index (χ0v) is 17.6. The van der Waals surface area contributed by atoms with Crippen molar-refractivity contribution >= 4 is 23.1 Å². The lowest BCUT2D eigenvalue weighted by Crippen LogP contribution is -2.27. The van der Waals surface area contributed by atoms with Crippen LogP contribution in [0.1, 0.15) is 47.8 Å². The Labute approximate surface area is 185 Å². The summed E-state index contributed by atoms with van der Waals surface area (Å²) in [6, 6.07) is 7.67. The highest BCUT2D eigenvalue weighted by atomic mass is 16.2. The second-order valence-electron chi connectivity index (χ2n) is 7.52. The van der Waals surface area contributed by atoms with Gasteiger partial charge in [-0.3, -0.25) is 15.0 Å². The molecule has 0 aromatic carbocycles. The lowest BCUT2D eigenvalue weighted by atomic mass is 10.3. The minimum Gasteiger partial charge on any atom is -0.337 e. The van der Waals surface area contributed by atoms with Gasteiger partial charge in [-0.25, -0.2) is 9.50 Å². The smallest absolute Gasteiger partial charge is 0.271 e. The maximum atomic E-state index is 11.6. The van der Waals surface area contributed by atoms with Crippen LogP contribution in [0.25, 0.3) is 5.52 Å². The quantitative estimate of drug-likeness (QED) is 0.427. The zero-order valence-electron chi connectivity index (χ0n) is 17.6. The average Bonchev–Trinajstić information content (AvgIpc) is 3.38. The van der Waals surface area contributed by atoms with Gasteiger partial charge in [-0.1, -0.05) is 0 Å². The third-order valence-corrected chi connectivity index (χ3v) is 5.32. The van der Waals surface area contributed by atoms with Gasteiger partial charge in [0.2, 0.25) is 0 Å². The minimum absolute atomic E-state index is 0.0741. The lowest BCUT2D eigenvalue weighted by Gasteiger charge is -2.12. The number of likely N-dealkylation sites (tertiary alicyclic amines) is 1. The molecule has 10 nitrogen and oxygen atoms in total. The Kier molecular flexibility index (Phi) is 6.46. The highest BCUT2D eigenvalue weighted by Crippen LogP contribution is 2.39. The highest BCUT2D eigenvalue weighted by molar-refractivity contribution is 5.92. The Morgan fingerprint density at radius 2 is 1.97 bits per heavy atom. The van der Waals surface area contributed by atoms with Gasteiger partial charge in [0.1, 0.15) is 17.5 Å². The van der Waals surface area contributed by atoms with Gasteiger partial charge < -0.3 is 10.2 Å². The van der Waals surface area contributed by atoms with E-state index in [1.54, 1.807) is 16.8 Å². The van der Waals surface area contributed by atoms with Crippen LogP contribution in [0.5, 0.6) is 0 Å². The Morgan fingerprint density at radius 3 is 2.69 bits per heavy atom. The predicted molar refractivity (Wildman–Crippen MR) is 120 cm³/mol. The number of H-pyrrole nitrogens is 2. The van der Waals surface area contributed by atoms with E-state index in [4.69, 9.17) is 0 Å². The number of carbonyl (C=O) groups is 1. The van der Waals surface area contributed by atoms with Gasteiger partial charge in [-0.15, -0.1) is 12.8 Å². The molecule has 0 spiro atoms. The van der Waals surface area contributed by atoms with Crippen LogP contribution >= 0.6 is 0 Å². The number of hydrogen-bond donors (Lipinski definition) is 3. The topological polar surface area (TPSA) is 120 Å². The van der Waals surface area contributed by atoms with Crippen molar-refractivity contribution in [1.82, 2.24) is 39.9 Å². The van der Waals surface area contributed by atoms with Gasteiger partial charge in [-0.05, 0) is 43.9 Å². The molecular formula is C22H25N9O. The summed E-state index contributed by atoms with van der Waals surface area (Å²) in [5, 5.41) is 21.1. The normalized spacial score (nSPS) is 14.9. The summed E-state index contributed by atoms with van der Waals surface area (Å²) >= 11 is 0. The van der Waals surface area contributed by atoms with Crippen molar-refractivity contribution in [3.05, 3.63) is 54.4 Å². The van der Waals surface area contributed by atoms with Crippen LogP contribution < -0.4 is 5.32 Å². The molecule has 1 saturated carbocycles.